The summed E-state index contributed by atoms with van der Waals surface area (Å²) < 4.78 is 13.6. The summed E-state index contributed by atoms with van der Waals surface area (Å²) in [5, 5.41) is 3.05. The fourth-order valence-electron chi connectivity index (χ4n) is 4.53. The van der Waals surface area contributed by atoms with Gasteiger partial charge in [0.1, 0.15) is 5.82 Å². The van der Waals surface area contributed by atoms with Gasteiger partial charge in [-0.25, -0.2) is 4.39 Å². The summed E-state index contributed by atoms with van der Waals surface area (Å²) in [6, 6.07) is 19.1. The van der Waals surface area contributed by atoms with Gasteiger partial charge in [0.2, 0.25) is 5.91 Å². The van der Waals surface area contributed by atoms with Crippen molar-refractivity contribution in [3.8, 4) is 11.1 Å². The van der Waals surface area contributed by atoms with Gasteiger partial charge in [0.05, 0.1) is 5.41 Å². The maximum atomic E-state index is 13.6. The third kappa shape index (κ3) is 5.00. The van der Waals surface area contributed by atoms with Gasteiger partial charge < -0.3 is 5.32 Å². The lowest BCUT2D eigenvalue weighted by Crippen LogP contribution is -2.44. The lowest BCUT2D eigenvalue weighted by Gasteiger charge is -2.28. The van der Waals surface area contributed by atoms with Crippen molar-refractivity contribution in [1.29, 1.82) is 0 Å². The van der Waals surface area contributed by atoms with Crippen LogP contribution >= 0.6 is 0 Å². The summed E-state index contributed by atoms with van der Waals surface area (Å²) in [6.07, 6.45) is 5.08. The van der Waals surface area contributed by atoms with Crippen molar-refractivity contribution >= 4 is 5.91 Å². The first-order chi connectivity index (χ1) is 15.1. The Balaban J connectivity index is 1.55. The summed E-state index contributed by atoms with van der Waals surface area (Å²) >= 11 is 0. The Morgan fingerprint density at radius 3 is 2.68 bits per heavy atom. The molecule has 1 amide bonds. The van der Waals surface area contributed by atoms with Crippen LogP contribution in [0.4, 0.5) is 4.39 Å². The molecule has 0 radical (unpaired) electrons. The number of carbonyl (C=O) groups excluding carboxylic acids is 1. The molecule has 0 aliphatic carbocycles. The van der Waals surface area contributed by atoms with Gasteiger partial charge in [-0.05, 0) is 66.8 Å². The average Bonchev–Trinajstić information content (AvgIpc) is 3.18. The van der Waals surface area contributed by atoms with Crippen molar-refractivity contribution in [1.82, 2.24) is 15.2 Å². The normalized spacial score (nSPS) is 18.8. The number of pyridine rings is 1. The van der Waals surface area contributed by atoms with Crippen LogP contribution in [0.15, 0.2) is 73.1 Å². The van der Waals surface area contributed by atoms with E-state index in [1.807, 2.05) is 37.4 Å². The van der Waals surface area contributed by atoms with Crippen molar-refractivity contribution in [3.05, 3.63) is 90.0 Å². The molecular weight excluding hydrogens is 389 g/mol. The molecule has 3 aromatic rings. The molecule has 2 aromatic carbocycles. The quantitative estimate of drug-likeness (QED) is 0.617. The van der Waals surface area contributed by atoms with Crippen LogP contribution in [0.1, 0.15) is 24.5 Å². The molecule has 0 spiro atoms. The van der Waals surface area contributed by atoms with Crippen molar-refractivity contribution < 1.29 is 9.18 Å². The molecule has 31 heavy (non-hydrogen) atoms. The number of hydrogen-bond donors (Lipinski definition) is 1. The number of carbonyl (C=O) groups is 1. The Labute approximate surface area is 183 Å². The van der Waals surface area contributed by atoms with Gasteiger partial charge in [0.15, 0.2) is 0 Å². The lowest BCUT2D eigenvalue weighted by molar-refractivity contribution is -0.130. The maximum absolute atomic E-state index is 13.6. The second-order valence-electron chi connectivity index (χ2n) is 8.35. The number of likely N-dealkylation sites (tertiary alicyclic amines) is 1. The number of aromatic nitrogens is 1. The minimum Gasteiger partial charge on any atom is -0.356 e. The zero-order valence-corrected chi connectivity index (χ0v) is 17.9. The zero-order chi connectivity index (χ0) is 21.7. The molecule has 5 heteroatoms. The van der Waals surface area contributed by atoms with Gasteiger partial charge >= 0.3 is 0 Å². The van der Waals surface area contributed by atoms with Crippen LogP contribution in [0.25, 0.3) is 11.1 Å². The van der Waals surface area contributed by atoms with Crippen LogP contribution in [0.5, 0.6) is 0 Å². The van der Waals surface area contributed by atoms with Crippen LogP contribution in [0, 0.1) is 11.2 Å². The second-order valence-corrected chi connectivity index (χ2v) is 8.35. The Hall–Kier alpha value is -3.05. The van der Waals surface area contributed by atoms with E-state index in [9.17, 15) is 9.18 Å². The molecule has 1 saturated heterocycles. The van der Waals surface area contributed by atoms with E-state index in [-0.39, 0.29) is 11.7 Å². The highest BCUT2D eigenvalue weighted by molar-refractivity contribution is 5.83. The van der Waals surface area contributed by atoms with Crippen molar-refractivity contribution in [3.63, 3.8) is 0 Å². The predicted octanol–water partition coefficient (Wildman–Crippen LogP) is 4.46. The molecule has 0 unspecified atom stereocenters. The summed E-state index contributed by atoms with van der Waals surface area (Å²) in [5.41, 5.74) is 3.75. The highest BCUT2D eigenvalue weighted by atomic mass is 19.1. The van der Waals surface area contributed by atoms with E-state index in [1.165, 1.54) is 6.07 Å². The first-order valence-electron chi connectivity index (χ1n) is 10.8. The fourth-order valence-corrected chi connectivity index (χ4v) is 4.53. The van der Waals surface area contributed by atoms with E-state index in [0.717, 1.165) is 35.2 Å². The Bertz CT molecular complexity index is 1040. The number of amides is 1. The minimum absolute atomic E-state index is 0.100. The molecule has 1 aromatic heterocycles. The Kier molecular flexibility index (Phi) is 6.42. The standard InChI is InChI=1S/C26H28FN3O/c1-2-29-25(31)26(11-13-30(19-26)18-21-7-4-10-24(27)15-21)16-20-6-3-8-22(14-20)23-9-5-12-28-17-23/h3-10,12,14-15,17H,2,11,13,16,18-19H2,1H3,(H,29,31)/t26-/m0/s1. The number of benzene rings is 2. The average molecular weight is 418 g/mol. The molecule has 4 nitrogen and oxygen atoms in total. The summed E-state index contributed by atoms with van der Waals surface area (Å²) in [4.78, 5) is 19.6. The van der Waals surface area contributed by atoms with Crippen LogP contribution < -0.4 is 5.32 Å². The lowest BCUT2D eigenvalue weighted by atomic mass is 9.79. The molecule has 160 valence electrons. The van der Waals surface area contributed by atoms with Crippen molar-refractivity contribution in [2.75, 3.05) is 19.6 Å². The van der Waals surface area contributed by atoms with Gasteiger partial charge in [0.25, 0.3) is 0 Å². The van der Waals surface area contributed by atoms with E-state index in [4.69, 9.17) is 0 Å². The van der Waals surface area contributed by atoms with Crippen molar-refractivity contribution in [2.45, 2.75) is 26.3 Å². The number of rotatable bonds is 7. The van der Waals surface area contributed by atoms with Crippen LogP contribution in [0.3, 0.4) is 0 Å². The molecular formula is C26H28FN3O. The van der Waals surface area contributed by atoms with Crippen LogP contribution in [-0.2, 0) is 17.8 Å². The van der Waals surface area contributed by atoms with Gasteiger partial charge in [-0.15, -0.1) is 0 Å². The number of halogens is 1. The van der Waals surface area contributed by atoms with E-state index < -0.39 is 5.41 Å². The molecule has 1 aliphatic heterocycles. The van der Waals surface area contributed by atoms with E-state index in [0.29, 0.717) is 26.1 Å². The van der Waals surface area contributed by atoms with Gasteiger partial charge in [-0.1, -0.05) is 42.5 Å². The van der Waals surface area contributed by atoms with E-state index in [2.05, 4.69) is 33.4 Å². The summed E-state index contributed by atoms with van der Waals surface area (Å²) in [6.45, 7) is 4.69. The molecule has 1 fully saturated rings. The maximum Gasteiger partial charge on any atom is 0.227 e. The molecule has 1 N–H and O–H groups in total. The summed E-state index contributed by atoms with van der Waals surface area (Å²) in [5.74, 6) is -0.123. The molecule has 1 aliphatic rings. The highest BCUT2D eigenvalue weighted by Gasteiger charge is 2.44. The predicted molar refractivity (Wildman–Crippen MR) is 121 cm³/mol. The fraction of sp³-hybridized carbons (Fsp3) is 0.308. The molecule has 0 bridgehead atoms. The summed E-state index contributed by atoms with van der Waals surface area (Å²) in [7, 11) is 0. The van der Waals surface area contributed by atoms with Gasteiger partial charge in [-0.3, -0.25) is 14.7 Å². The minimum atomic E-state index is -0.489. The Morgan fingerprint density at radius 1 is 1.10 bits per heavy atom. The topological polar surface area (TPSA) is 45.2 Å². The van der Waals surface area contributed by atoms with Crippen LogP contribution in [0.2, 0.25) is 0 Å². The zero-order valence-electron chi connectivity index (χ0n) is 17.9. The third-order valence-corrected chi connectivity index (χ3v) is 6.01. The first-order valence-corrected chi connectivity index (χ1v) is 10.8. The molecule has 4 rings (SSSR count). The Morgan fingerprint density at radius 2 is 1.90 bits per heavy atom. The molecule has 0 saturated carbocycles. The SMILES string of the molecule is CCNC(=O)[C@]1(Cc2cccc(-c3cccnc3)c2)CCN(Cc2cccc(F)c2)C1. The number of nitrogens with zero attached hydrogens (tertiary/aromatic N) is 2. The van der Waals surface area contributed by atoms with E-state index >= 15 is 0 Å². The van der Waals surface area contributed by atoms with Crippen molar-refractivity contribution in [2.24, 2.45) is 5.41 Å². The van der Waals surface area contributed by atoms with Gasteiger partial charge in [-0.2, -0.15) is 0 Å². The molecule has 1 atom stereocenters. The third-order valence-electron chi connectivity index (χ3n) is 6.01. The smallest absolute Gasteiger partial charge is 0.227 e. The molecule has 2 heterocycles. The number of nitrogens with one attached hydrogen (secondary N) is 1. The highest BCUT2D eigenvalue weighted by Crippen LogP contribution is 2.36. The van der Waals surface area contributed by atoms with Gasteiger partial charge in [0, 0.05) is 32.0 Å². The van der Waals surface area contributed by atoms with E-state index in [1.54, 1.807) is 18.3 Å². The first kappa shape index (κ1) is 21.2. The van der Waals surface area contributed by atoms with Crippen LogP contribution in [-0.4, -0.2) is 35.4 Å². The second kappa shape index (κ2) is 9.40. The monoisotopic (exact) mass is 417 g/mol. The largest absolute Gasteiger partial charge is 0.356 e. The number of hydrogen-bond acceptors (Lipinski definition) is 3.